The molecule has 2 aromatic carbocycles. The van der Waals surface area contributed by atoms with Gasteiger partial charge in [-0.15, -0.1) is 0 Å². The molecule has 7 heteroatoms. The molecule has 1 heterocycles. The number of nitrogens with zero attached hydrogens (tertiary/aromatic N) is 2. The molecule has 1 aliphatic rings. The monoisotopic (exact) mass is 365 g/mol. The van der Waals surface area contributed by atoms with Crippen LogP contribution in [0, 0.1) is 17.0 Å². The third-order valence-corrected chi connectivity index (χ3v) is 4.57. The zero-order valence-corrected chi connectivity index (χ0v) is 14.7. The molecule has 0 saturated carbocycles. The Morgan fingerprint density at radius 3 is 2.65 bits per heavy atom. The number of hydrogen-bond donors (Lipinski definition) is 1. The molecule has 3 rings (SSSR count). The molecular formula is C19H15N3O3S. The van der Waals surface area contributed by atoms with Gasteiger partial charge in [-0.25, -0.2) is 4.99 Å². The van der Waals surface area contributed by atoms with Crippen molar-refractivity contribution in [3.63, 3.8) is 0 Å². The smallest absolute Gasteiger partial charge is 0.276 e. The van der Waals surface area contributed by atoms with Crippen LogP contribution >= 0.6 is 11.8 Å². The molecule has 2 aromatic rings. The van der Waals surface area contributed by atoms with Crippen molar-refractivity contribution < 1.29 is 9.72 Å². The second-order valence-electron chi connectivity index (χ2n) is 5.47. The first-order chi connectivity index (χ1) is 12.5. The Labute approximate surface area is 154 Å². The molecule has 0 unspecified atom stereocenters. The van der Waals surface area contributed by atoms with Crippen LogP contribution in [0.5, 0.6) is 0 Å². The van der Waals surface area contributed by atoms with E-state index in [0.717, 1.165) is 11.3 Å². The minimum atomic E-state index is -0.434. The van der Waals surface area contributed by atoms with Gasteiger partial charge in [0.05, 0.1) is 21.1 Å². The highest BCUT2D eigenvalue weighted by Crippen LogP contribution is 2.27. The molecule has 1 amide bonds. The van der Waals surface area contributed by atoms with E-state index in [0.29, 0.717) is 15.6 Å². The van der Waals surface area contributed by atoms with Gasteiger partial charge in [0.2, 0.25) is 0 Å². The van der Waals surface area contributed by atoms with Crippen LogP contribution in [0.4, 0.5) is 11.4 Å². The molecule has 0 aromatic heterocycles. The van der Waals surface area contributed by atoms with Crippen LogP contribution in [0.15, 0.2) is 70.6 Å². The van der Waals surface area contributed by atoms with E-state index in [1.165, 1.54) is 17.8 Å². The molecular weight excluding hydrogens is 350 g/mol. The van der Waals surface area contributed by atoms with E-state index in [1.807, 2.05) is 31.2 Å². The summed E-state index contributed by atoms with van der Waals surface area (Å²) >= 11 is 1.23. The van der Waals surface area contributed by atoms with Crippen molar-refractivity contribution in [1.82, 2.24) is 5.32 Å². The second-order valence-corrected chi connectivity index (χ2v) is 6.50. The van der Waals surface area contributed by atoms with E-state index in [4.69, 9.17) is 0 Å². The normalized spacial score (nSPS) is 17.2. The highest BCUT2D eigenvalue weighted by molar-refractivity contribution is 8.18. The average molecular weight is 365 g/mol. The molecule has 1 saturated heterocycles. The lowest BCUT2D eigenvalue weighted by Gasteiger charge is -1.99. The number of allylic oxidation sites excluding steroid dienone is 2. The van der Waals surface area contributed by atoms with E-state index in [2.05, 4.69) is 10.3 Å². The fourth-order valence-electron chi connectivity index (χ4n) is 2.33. The number of para-hydroxylation sites is 2. The summed E-state index contributed by atoms with van der Waals surface area (Å²) in [6.45, 7) is 1.95. The van der Waals surface area contributed by atoms with Crippen LogP contribution in [-0.2, 0) is 4.79 Å². The minimum Gasteiger partial charge on any atom is -0.300 e. The zero-order chi connectivity index (χ0) is 18.5. The number of thioether (sulfide) groups is 1. The number of benzene rings is 2. The Bertz CT molecular complexity index is 964. The lowest BCUT2D eigenvalue weighted by Crippen LogP contribution is -2.19. The van der Waals surface area contributed by atoms with Gasteiger partial charge in [0.15, 0.2) is 5.17 Å². The van der Waals surface area contributed by atoms with Crippen molar-refractivity contribution in [3.8, 4) is 0 Å². The maximum Gasteiger partial charge on any atom is 0.276 e. The molecule has 0 radical (unpaired) electrons. The average Bonchev–Trinajstić information content (AvgIpc) is 2.97. The van der Waals surface area contributed by atoms with Gasteiger partial charge in [0.1, 0.15) is 0 Å². The SMILES string of the molecule is Cc1ccccc1N=C1NC(=O)/C(=C\C=Cc2ccccc2[N+](=O)[O-])S1. The van der Waals surface area contributed by atoms with Gasteiger partial charge in [-0.3, -0.25) is 14.9 Å². The third-order valence-electron chi connectivity index (χ3n) is 3.65. The number of aryl methyl sites for hydroxylation is 1. The topological polar surface area (TPSA) is 84.6 Å². The van der Waals surface area contributed by atoms with E-state index >= 15 is 0 Å². The number of nitro groups is 1. The molecule has 6 nitrogen and oxygen atoms in total. The van der Waals surface area contributed by atoms with Gasteiger partial charge < -0.3 is 5.32 Å². The number of carbonyl (C=O) groups is 1. The van der Waals surface area contributed by atoms with Crippen LogP contribution in [0.3, 0.4) is 0 Å². The Morgan fingerprint density at radius 1 is 1.15 bits per heavy atom. The van der Waals surface area contributed by atoms with Crippen molar-refractivity contribution in [1.29, 1.82) is 0 Å². The standard InChI is InChI=1S/C19H15N3O3S/c1-13-7-2-4-10-15(13)20-19-21-18(23)17(26-19)12-6-9-14-8-3-5-11-16(14)22(24)25/h2-12H,1H3,(H,20,21,23)/b9-6?,17-12+. The van der Waals surface area contributed by atoms with E-state index in [9.17, 15) is 14.9 Å². The number of rotatable bonds is 4. The van der Waals surface area contributed by atoms with E-state index in [1.54, 1.807) is 36.4 Å². The van der Waals surface area contributed by atoms with Crippen molar-refractivity contribution >= 4 is 40.3 Å². The van der Waals surface area contributed by atoms with Crippen LogP contribution in [0.25, 0.3) is 6.08 Å². The summed E-state index contributed by atoms with van der Waals surface area (Å²) < 4.78 is 0. The molecule has 1 N–H and O–H groups in total. The number of nitrogens with one attached hydrogen (secondary N) is 1. The molecule has 0 spiro atoms. The van der Waals surface area contributed by atoms with Gasteiger partial charge in [-0.2, -0.15) is 0 Å². The first kappa shape index (κ1) is 17.6. The number of carbonyl (C=O) groups excluding carboxylic acids is 1. The first-order valence-electron chi connectivity index (χ1n) is 7.80. The summed E-state index contributed by atoms with van der Waals surface area (Å²) in [5.41, 5.74) is 2.31. The van der Waals surface area contributed by atoms with Crippen LogP contribution in [0.1, 0.15) is 11.1 Å². The van der Waals surface area contributed by atoms with Crippen LogP contribution < -0.4 is 5.32 Å². The molecule has 0 atom stereocenters. The Morgan fingerprint density at radius 2 is 1.88 bits per heavy atom. The summed E-state index contributed by atoms with van der Waals surface area (Å²) in [5, 5.41) is 14.2. The maximum absolute atomic E-state index is 12.1. The molecule has 0 bridgehead atoms. The Hall–Kier alpha value is -3.19. The summed E-state index contributed by atoms with van der Waals surface area (Å²) in [5.74, 6) is -0.241. The lowest BCUT2D eigenvalue weighted by molar-refractivity contribution is -0.385. The predicted octanol–water partition coefficient (Wildman–Crippen LogP) is 4.35. The summed E-state index contributed by atoms with van der Waals surface area (Å²) in [6, 6.07) is 14.1. The molecule has 1 fully saturated rings. The molecule has 130 valence electrons. The maximum atomic E-state index is 12.1. The number of amides is 1. The van der Waals surface area contributed by atoms with Crippen molar-refractivity contribution in [2.75, 3.05) is 0 Å². The summed E-state index contributed by atoms with van der Waals surface area (Å²) in [6.07, 6.45) is 4.85. The second kappa shape index (κ2) is 7.79. The summed E-state index contributed by atoms with van der Waals surface area (Å²) in [7, 11) is 0. The van der Waals surface area contributed by atoms with Gasteiger partial charge >= 0.3 is 0 Å². The van der Waals surface area contributed by atoms with Crippen molar-refractivity contribution in [2.24, 2.45) is 4.99 Å². The van der Waals surface area contributed by atoms with Gasteiger partial charge in [-0.1, -0.05) is 36.4 Å². The van der Waals surface area contributed by atoms with Gasteiger partial charge in [0.25, 0.3) is 11.6 Å². The number of amidine groups is 1. The Kier molecular flexibility index (Phi) is 5.28. The fraction of sp³-hybridized carbons (Fsp3) is 0.0526. The van der Waals surface area contributed by atoms with Crippen LogP contribution in [0.2, 0.25) is 0 Å². The van der Waals surface area contributed by atoms with Gasteiger partial charge in [-0.05, 0) is 48.5 Å². The lowest BCUT2D eigenvalue weighted by atomic mass is 10.1. The number of hydrogen-bond acceptors (Lipinski definition) is 5. The largest absolute Gasteiger partial charge is 0.300 e. The molecule has 26 heavy (non-hydrogen) atoms. The quantitative estimate of drug-likeness (QED) is 0.496. The fourth-order valence-corrected chi connectivity index (χ4v) is 3.11. The van der Waals surface area contributed by atoms with Gasteiger partial charge in [0, 0.05) is 6.07 Å². The van der Waals surface area contributed by atoms with Crippen LogP contribution in [-0.4, -0.2) is 16.0 Å². The highest BCUT2D eigenvalue weighted by atomic mass is 32.2. The third kappa shape index (κ3) is 4.07. The summed E-state index contributed by atoms with van der Waals surface area (Å²) in [4.78, 5) is 27.6. The number of nitro benzene ring substituents is 1. The van der Waals surface area contributed by atoms with Crippen molar-refractivity contribution in [3.05, 3.63) is 86.8 Å². The molecule has 1 aliphatic heterocycles. The van der Waals surface area contributed by atoms with E-state index in [-0.39, 0.29) is 11.6 Å². The molecule has 0 aliphatic carbocycles. The minimum absolute atomic E-state index is 0.0208. The first-order valence-corrected chi connectivity index (χ1v) is 8.61. The zero-order valence-electron chi connectivity index (χ0n) is 13.9. The van der Waals surface area contributed by atoms with E-state index < -0.39 is 4.92 Å². The highest BCUT2D eigenvalue weighted by Gasteiger charge is 2.23. The predicted molar refractivity (Wildman–Crippen MR) is 104 cm³/mol. The number of aliphatic imine (C=N–C) groups is 1. The Balaban J connectivity index is 1.78. The van der Waals surface area contributed by atoms with Crippen molar-refractivity contribution in [2.45, 2.75) is 6.92 Å².